The SMILES string of the molecule is CS(=O)(=O)c1ccc(NCCC2=CCCC2)c(N)c1. The molecule has 0 bridgehead atoms. The normalized spacial score (nSPS) is 15.3. The van der Waals surface area contributed by atoms with Crippen molar-refractivity contribution in [3.63, 3.8) is 0 Å². The number of anilines is 2. The average Bonchev–Trinajstić information content (AvgIpc) is 2.83. The lowest BCUT2D eigenvalue weighted by Crippen LogP contribution is -2.06. The number of hydrogen-bond donors (Lipinski definition) is 2. The summed E-state index contributed by atoms with van der Waals surface area (Å²) in [6.07, 6.45) is 8.16. The number of nitrogen functional groups attached to an aromatic ring is 1. The Labute approximate surface area is 114 Å². The summed E-state index contributed by atoms with van der Waals surface area (Å²) in [5, 5.41) is 3.26. The Morgan fingerprint density at radius 3 is 2.74 bits per heavy atom. The molecule has 1 aliphatic carbocycles. The van der Waals surface area contributed by atoms with E-state index in [-0.39, 0.29) is 4.90 Å². The summed E-state index contributed by atoms with van der Waals surface area (Å²) in [6, 6.07) is 4.82. The molecular weight excluding hydrogens is 260 g/mol. The lowest BCUT2D eigenvalue weighted by molar-refractivity contribution is 0.602. The molecule has 0 fully saturated rings. The summed E-state index contributed by atoms with van der Waals surface area (Å²) in [5.74, 6) is 0. The Kier molecular flexibility index (Phi) is 4.14. The zero-order valence-corrected chi connectivity index (χ0v) is 12.0. The van der Waals surface area contributed by atoms with Gasteiger partial charge in [-0.15, -0.1) is 0 Å². The van der Waals surface area contributed by atoms with E-state index in [4.69, 9.17) is 5.73 Å². The fourth-order valence-electron chi connectivity index (χ4n) is 2.25. The van der Waals surface area contributed by atoms with Crippen molar-refractivity contribution in [2.45, 2.75) is 30.6 Å². The monoisotopic (exact) mass is 280 g/mol. The molecule has 3 N–H and O–H groups in total. The Hall–Kier alpha value is -1.49. The van der Waals surface area contributed by atoms with Gasteiger partial charge in [0.05, 0.1) is 16.3 Å². The quantitative estimate of drug-likeness (QED) is 0.642. The van der Waals surface area contributed by atoms with Gasteiger partial charge in [0, 0.05) is 12.8 Å². The zero-order valence-electron chi connectivity index (χ0n) is 11.1. The van der Waals surface area contributed by atoms with Gasteiger partial charge in [-0.25, -0.2) is 8.42 Å². The zero-order chi connectivity index (χ0) is 13.9. The minimum Gasteiger partial charge on any atom is -0.397 e. The highest BCUT2D eigenvalue weighted by Crippen LogP contribution is 2.24. The van der Waals surface area contributed by atoms with Gasteiger partial charge in [-0.3, -0.25) is 0 Å². The molecule has 104 valence electrons. The molecule has 0 amide bonds. The van der Waals surface area contributed by atoms with E-state index < -0.39 is 9.84 Å². The molecule has 5 heteroatoms. The van der Waals surface area contributed by atoms with Gasteiger partial charge >= 0.3 is 0 Å². The lowest BCUT2D eigenvalue weighted by Gasteiger charge is -2.10. The van der Waals surface area contributed by atoms with Crippen LogP contribution in [0.4, 0.5) is 11.4 Å². The van der Waals surface area contributed by atoms with Crippen molar-refractivity contribution < 1.29 is 8.42 Å². The molecule has 19 heavy (non-hydrogen) atoms. The first-order valence-corrected chi connectivity index (χ1v) is 8.37. The molecule has 1 aromatic rings. The van der Waals surface area contributed by atoms with Gasteiger partial charge in [-0.05, 0) is 43.9 Å². The molecule has 0 saturated heterocycles. The number of benzene rings is 1. The lowest BCUT2D eigenvalue weighted by atomic mass is 10.1. The number of nitrogens with one attached hydrogen (secondary N) is 1. The van der Waals surface area contributed by atoms with Crippen molar-refractivity contribution in [1.29, 1.82) is 0 Å². The van der Waals surface area contributed by atoms with Crippen LogP contribution < -0.4 is 11.1 Å². The first kappa shape index (κ1) is 13.9. The van der Waals surface area contributed by atoms with Crippen LogP contribution in [0.5, 0.6) is 0 Å². The molecular formula is C14H20N2O2S. The molecule has 0 atom stereocenters. The van der Waals surface area contributed by atoms with Gasteiger partial charge < -0.3 is 11.1 Å². The molecule has 0 unspecified atom stereocenters. The number of allylic oxidation sites excluding steroid dienone is 1. The number of hydrogen-bond acceptors (Lipinski definition) is 4. The van der Waals surface area contributed by atoms with E-state index in [0.29, 0.717) is 5.69 Å². The van der Waals surface area contributed by atoms with Crippen LogP contribution in [0, 0.1) is 0 Å². The van der Waals surface area contributed by atoms with Crippen LogP contribution in [-0.4, -0.2) is 21.2 Å². The van der Waals surface area contributed by atoms with Gasteiger partial charge in [0.15, 0.2) is 9.84 Å². The van der Waals surface area contributed by atoms with Crippen molar-refractivity contribution >= 4 is 21.2 Å². The maximum absolute atomic E-state index is 11.4. The fourth-order valence-corrected chi connectivity index (χ4v) is 2.91. The Balaban J connectivity index is 1.97. The van der Waals surface area contributed by atoms with E-state index in [1.165, 1.54) is 37.2 Å². The molecule has 0 saturated carbocycles. The van der Waals surface area contributed by atoms with E-state index in [0.717, 1.165) is 18.7 Å². The van der Waals surface area contributed by atoms with Crippen LogP contribution in [0.15, 0.2) is 34.7 Å². The van der Waals surface area contributed by atoms with Crippen LogP contribution in [0.2, 0.25) is 0 Å². The van der Waals surface area contributed by atoms with Crippen molar-refractivity contribution in [2.75, 3.05) is 23.9 Å². The first-order chi connectivity index (χ1) is 8.97. The van der Waals surface area contributed by atoms with E-state index in [9.17, 15) is 8.42 Å². The number of sulfone groups is 1. The summed E-state index contributed by atoms with van der Waals surface area (Å²) in [5.41, 5.74) is 8.64. The van der Waals surface area contributed by atoms with Gasteiger partial charge in [-0.1, -0.05) is 11.6 Å². The highest BCUT2D eigenvalue weighted by molar-refractivity contribution is 7.90. The molecule has 0 aliphatic heterocycles. The maximum atomic E-state index is 11.4. The largest absolute Gasteiger partial charge is 0.397 e. The number of nitrogens with two attached hydrogens (primary N) is 1. The third kappa shape index (κ3) is 3.73. The summed E-state index contributed by atoms with van der Waals surface area (Å²) < 4.78 is 22.8. The van der Waals surface area contributed by atoms with Crippen molar-refractivity contribution in [1.82, 2.24) is 0 Å². The molecule has 4 nitrogen and oxygen atoms in total. The second-order valence-electron chi connectivity index (χ2n) is 4.95. The number of rotatable bonds is 5. The van der Waals surface area contributed by atoms with Crippen LogP contribution in [0.3, 0.4) is 0 Å². The second kappa shape index (κ2) is 5.65. The summed E-state index contributed by atoms with van der Waals surface area (Å²) >= 11 is 0. The Morgan fingerprint density at radius 1 is 1.37 bits per heavy atom. The van der Waals surface area contributed by atoms with Crippen molar-refractivity contribution in [3.05, 3.63) is 29.8 Å². The van der Waals surface area contributed by atoms with Gasteiger partial charge in [0.25, 0.3) is 0 Å². The highest BCUT2D eigenvalue weighted by atomic mass is 32.2. The molecule has 2 rings (SSSR count). The van der Waals surface area contributed by atoms with Crippen LogP contribution in [0.1, 0.15) is 25.7 Å². The minimum absolute atomic E-state index is 0.258. The summed E-state index contributed by atoms with van der Waals surface area (Å²) in [7, 11) is -3.19. The molecule has 1 aliphatic rings. The molecule has 0 heterocycles. The predicted molar refractivity (Wildman–Crippen MR) is 79.0 cm³/mol. The molecule has 0 radical (unpaired) electrons. The second-order valence-corrected chi connectivity index (χ2v) is 6.97. The van der Waals surface area contributed by atoms with Crippen LogP contribution >= 0.6 is 0 Å². The van der Waals surface area contributed by atoms with Crippen molar-refractivity contribution in [2.24, 2.45) is 0 Å². The summed E-state index contributed by atoms with van der Waals surface area (Å²) in [6.45, 7) is 0.828. The first-order valence-electron chi connectivity index (χ1n) is 6.48. The standard InChI is InChI=1S/C14H20N2O2S/c1-19(17,18)12-6-7-14(13(15)10-12)16-9-8-11-4-2-3-5-11/h4,6-7,10,16H,2-3,5,8-9,15H2,1H3. The maximum Gasteiger partial charge on any atom is 0.175 e. The van der Waals surface area contributed by atoms with Gasteiger partial charge in [0.2, 0.25) is 0 Å². The van der Waals surface area contributed by atoms with E-state index in [1.807, 2.05) is 0 Å². The van der Waals surface area contributed by atoms with Crippen LogP contribution in [-0.2, 0) is 9.84 Å². The fraction of sp³-hybridized carbons (Fsp3) is 0.429. The summed E-state index contributed by atoms with van der Waals surface area (Å²) in [4.78, 5) is 0.258. The Morgan fingerprint density at radius 2 is 2.16 bits per heavy atom. The van der Waals surface area contributed by atoms with Gasteiger partial charge in [0.1, 0.15) is 0 Å². The topological polar surface area (TPSA) is 72.2 Å². The smallest absolute Gasteiger partial charge is 0.175 e. The molecule has 0 spiro atoms. The molecule has 0 aromatic heterocycles. The Bertz CT molecular complexity index is 591. The predicted octanol–water partition coefficient (Wildman–Crippen LogP) is 2.58. The highest BCUT2D eigenvalue weighted by Gasteiger charge is 2.09. The average molecular weight is 280 g/mol. The van der Waals surface area contributed by atoms with E-state index in [1.54, 1.807) is 12.1 Å². The van der Waals surface area contributed by atoms with E-state index >= 15 is 0 Å². The third-order valence-electron chi connectivity index (χ3n) is 3.35. The third-order valence-corrected chi connectivity index (χ3v) is 4.46. The van der Waals surface area contributed by atoms with Crippen molar-refractivity contribution in [3.8, 4) is 0 Å². The molecule has 1 aromatic carbocycles. The van der Waals surface area contributed by atoms with Crippen LogP contribution in [0.25, 0.3) is 0 Å². The van der Waals surface area contributed by atoms with Gasteiger partial charge in [-0.2, -0.15) is 0 Å². The van der Waals surface area contributed by atoms with E-state index in [2.05, 4.69) is 11.4 Å². The minimum atomic E-state index is -3.19.